The third-order valence-corrected chi connectivity index (χ3v) is 5.03. The molecule has 0 saturated carbocycles. The molecule has 3 atom stereocenters. The molecule has 4 heteroatoms. The number of ether oxygens (including phenoxy) is 1. The highest BCUT2D eigenvalue weighted by Crippen LogP contribution is 2.32. The summed E-state index contributed by atoms with van der Waals surface area (Å²) in [5.41, 5.74) is 7.51. The van der Waals surface area contributed by atoms with Gasteiger partial charge in [-0.15, -0.1) is 11.3 Å². The van der Waals surface area contributed by atoms with E-state index < -0.39 is 0 Å². The Morgan fingerprint density at radius 1 is 1.53 bits per heavy atom. The Kier molecular flexibility index (Phi) is 5.01. The van der Waals surface area contributed by atoms with Crippen LogP contribution < -0.4 is 5.73 Å². The van der Waals surface area contributed by atoms with Gasteiger partial charge in [-0.25, -0.2) is 0 Å². The van der Waals surface area contributed by atoms with Gasteiger partial charge in [-0.1, -0.05) is 6.92 Å². The van der Waals surface area contributed by atoms with Crippen LogP contribution in [0.4, 0.5) is 0 Å². The smallest absolute Gasteiger partial charge is 0.0675 e. The monoisotopic (exact) mass is 282 g/mol. The van der Waals surface area contributed by atoms with E-state index in [4.69, 9.17) is 10.5 Å². The van der Waals surface area contributed by atoms with Crippen molar-refractivity contribution < 1.29 is 4.74 Å². The molecule has 0 radical (unpaired) electrons. The zero-order valence-electron chi connectivity index (χ0n) is 12.5. The van der Waals surface area contributed by atoms with Crippen LogP contribution in [-0.2, 0) is 4.74 Å². The molecule has 0 bridgehead atoms. The highest BCUT2D eigenvalue weighted by Gasteiger charge is 2.32. The molecule has 2 heterocycles. The highest BCUT2D eigenvalue weighted by atomic mass is 32.1. The van der Waals surface area contributed by atoms with E-state index in [2.05, 4.69) is 38.7 Å². The molecule has 2 N–H and O–H groups in total. The van der Waals surface area contributed by atoms with Crippen molar-refractivity contribution in [2.24, 2.45) is 5.73 Å². The van der Waals surface area contributed by atoms with Crippen LogP contribution in [0.3, 0.4) is 0 Å². The molecule has 1 aliphatic rings. The van der Waals surface area contributed by atoms with Crippen molar-refractivity contribution in [3.05, 3.63) is 21.4 Å². The van der Waals surface area contributed by atoms with E-state index >= 15 is 0 Å². The zero-order chi connectivity index (χ0) is 14.0. The van der Waals surface area contributed by atoms with Gasteiger partial charge < -0.3 is 10.5 Å². The first-order valence-corrected chi connectivity index (χ1v) is 8.02. The molecule has 1 aliphatic heterocycles. The van der Waals surface area contributed by atoms with Crippen LogP contribution in [-0.4, -0.2) is 36.7 Å². The van der Waals surface area contributed by atoms with Gasteiger partial charge in [0.1, 0.15) is 0 Å². The Hall–Kier alpha value is -0.420. The minimum atomic E-state index is 0.303. The molecule has 1 aromatic rings. The Morgan fingerprint density at radius 2 is 2.26 bits per heavy atom. The van der Waals surface area contributed by atoms with Gasteiger partial charge >= 0.3 is 0 Å². The first-order valence-electron chi connectivity index (χ1n) is 7.21. The van der Waals surface area contributed by atoms with E-state index in [0.29, 0.717) is 24.7 Å². The molecule has 1 fully saturated rings. The van der Waals surface area contributed by atoms with E-state index in [1.165, 1.54) is 15.3 Å². The van der Waals surface area contributed by atoms with E-state index in [9.17, 15) is 0 Å². The topological polar surface area (TPSA) is 38.5 Å². The average molecular weight is 282 g/mol. The van der Waals surface area contributed by atoms with Crippen molar-refractivity contribution in [2.75, 3.05) is 19.7 Å². The molecule has 19 heavy (non-hydrogen) atoms. The molecule has 0 amide bonds. The van der Waals surface area contributed by atoms with Crippen LogP contribution in [0, 0.1) is 13.8 Å². The number of hydrogen-bond acceptors (Lipinski definition) is 4. The fraction of sp³-hybridized carbons (Fsp3) is 0.733. The summed E-state index contributed by atoms with van der Waals surface area (Å²) in [6, 6.07) is 3.13. The van der Waals surface area contributed by atoms with E-state index in [1.54, 1.807) is 0 Å². The summed E-state index contributed by atoms with van der Waals surface area (Å²) >= 11 is 1.87. The van der Waals surface area contributed by atoms with Gasteiger partial charge in [0.05, 0.1) is 12.7 Å². The number of nitrogens with zero attached hydrogens (tertiary/aromatic N) is 1. The van der Waals surface area contributed by atoms with E-state index in [-0.39, 0.29) is 0 Å². The van der Waals surface area contributed by atoms with Crippen molar-refractivity contribution in [2.45, 2.75) is 52.3 Å². The average Bonchev–Trinajstić information content (AvgIpc) is 2.70. The number of hydrogen-bond donors (Lipinski definition) is 1. The third kappa shape index (κ3) is 3.19. The normalized spacial score (nSPS) is 26.6. The van der Waals surface area contributed by atoms with Crippen LogP contribution in [0.1, 0.15) is 41.6 Å². The second-order valence-electron chi connectivity index (χ2n) is 5.52. The van der Waals surface area contributed by atoms with Gasteiger partial charge in [-0.3, -0.25) is 4.90 Å². The summed E-state index contributed by atoms with van der Waals surface area (Å²) in [4.78, 5) is 5.34. The summed E-state index contributed by atoms with van der Waals surface area (Å²) in [5, 5.41) is 0. The summed E-state index contributed by atoms with van der Waals surface area (Å²) < 4.78 is 5.80. The lowest BCUT2D eigenvalue weighted by atomic mass is 10.0. The molecule has 108 valence electrons. The third-order valence-electron chi connectivity index (χ3n) is 4.04. The minimum Gasteiger partial charge on any atom is -0.376 e. The molecule has 1 saturated heterocycles. The maximum absolute atomic E-state index is 6.10. The maximum atomic E-state index is 6.10. The maximum Gasteiger partial charge on any atom is 0.0675 e. The fourth-order valence-electron chi connectivity index (χ4n) is 3.03. The van der Waals surface area contributed by atoms with Gasteiger partial charge in [0, 0.05) is 34.9 Å². The molecule has 2 rings (SSSR count). The van der Waals surface area contributed by atoms with Crippen LogP contribution in [0.15, 0.2) is 6.07 Å². The highest BCUT2D eigenvalue weighted by molar-refractivity contribution is 7.12. The number of rotatable bonds is 4. The Bertz CT molecular complexity index is 418. The molecular formula is C15H26N2OS. The molecule has 3 nitrogen and oxygen atoms in total. The summed E-state index contributed by atoms with van der Waals surface area (Å²) in [5.74, 6) is 0. The van der Waals surface area contributed by atoms with Crippen molar-refractivity contribution in [3.63, 3.8) is 0 Å². The van der Waals surface area contributed by atoms with Gasteiger partial charge in [0.25, 0.3) is 0 Å². The molecule has 0 aromatic carbocycles. The van der Waals surface area contributed by atoms with Crippen LogP contribution >= 0.6 is 11.3 Å². The molecule has 3 unspecified atom stereocenters. The SMILES string of the molecule is CCC1COC(C)CN1C(CN)c1cc(C)sc1C. The predicted octanol–water partition coefficient (Wildman–Crippen LogP) is 2.86. The fourth-order valence-corrected chi connectivity index (χ4v) is 4.01. The minimum absolute atomic E-state index is 0.303. The first-order chi connectivity index (χ1) is 9.06. The summed E-state index contributed by atoms with van der Waals surface area (Å²) in [6.45, 7) is 11.3. The van der Waals surface area contributed by atoms with Gasteiger partial charge in [0.15, 0.2) is 0 Å². The van der Waals surface area contributed by atoms with Crippen LogP contribution in [0.2, 0.25) is 0 Å². The second-order valence-corrected chi connectivity index (χ2v) is 6.98. The van der Waals surface area contributed by atoms with E-state index in [0.717, 1.165) is 19.6 Å². The quantitative estimate of drug-likeness (QED) is 0.923. The first kappa shape index (κ1) is 15.0. The standard InChI is InChI=1S/C15H26N2OS/c1-5-13-9-18-10(2)8-17(13)15(7-16)14-6-11(3)19-12(14)4/h6,10,13,15H,5,7-9,16H2,1-4H3. The van der Waals surface area contributed by atoms with Gasteiger partial charge in [-0.2, -0.15) is 0 Å². The molecule has 0 spiro atoms. The van der Waals surface area contributed by atoms with Crippen molar-refractivity contribution >= 4 is 11.3 Å². The van der Waals surface area contributed by atoms with Gasteiger partial charge in [0.2, 0.25) is 0 Å². The Labute approximate surface area is 120 Å². The van der Waals surface area contributed by atoms with E-state index in [1.807, 2.05) is 11.3 Å². The Morgan fingerprint density at radius 3 is 2.79 bits per heavy atom. The number of morpholine rings is 1. The van der Waals surface area contributed by atoms with Crippen molar-refractivity contribution in [1.82, 2.24) is 4.90 Å². The largest absolute Gasteiger partial charge is 0.376 e. The second kappa shape index (κ2) is 6.35. The van der Waals surface area contributed by atoms with Gasteiger partial charge in [-0.05, 0) is 38.8 Å². The lowest BCUT2D eigenvalue weighted by molar-refractivity contribution is -0.0719. The summed E-state index contributed by atoms with van der Waals surface area (Å²) in [7, 11) is 0. The summed E-state index contributed by atoms with van der Waals surface area (Å²) in [6.07, 6.45) is 1.42. The van der Waals surface area contributed by atoms with Crippen molar-refractivity contribution in [1.29, 1.82) is 0 Å². The number of nitrogens with two attached hydrogens (primary N) is 1. The lowest BCUT2D eigenvalue weighted by Gasteiger charge is -2.43. The molecule has 1 aromatic heterocycles. The Balaban J connectivity index is 2.26. The molecule has 0 aliphatic carbocycles. The van der Waals surface area contributed by atoms with Crippen LogP contribution in [0.25, 0.3) is 0 Å². The van der Waals surface area contributed by atoms with Crippen molar-refractivity contribution in [3.8, 4) is 0 Å². The number of aryl methyl sites for hydroxylation is 2. The molecular weight excluding hydrogens is 256 g/mol. The van der Waals surface area contributed by atoms with Crippen LogP contribution in [0.5, 0.6) is 0 Å². The zero-order valence-corrected chi connectivity index (χ0v) is 13.3. The lowest BCUT2D eigenvalue weighted by Crippen LogP contribution is -2.51. The predicted molar refractivity (Wildman–Crippen MR) is 81.8 cm³/mol. The number of thiophene rings is 1.